The van der Waals surface area contributed by atoms with E-state index < -0.39 is 17.8 Å². The number of rotatable bonds is 2. The number of hydrogen-bond donors (Lipinski definition) is 2. The van der Waals surface area contributed by atoms with E-state index in [-0.39, 0.29) is 23.9 Å². The molecule has 2 N–H and O–H groups in total. The van der Waals surface area contributed by atoms with Crippen molar-refractivity contribution in [3.8, 4) is 0 Å². The van der Waals surface area contributed by atoms with E-state index in [1.165, 1.54) is 6.07 Å². The lowest BCUT2D eigenvalue weighted by atomic mass is 10.1. The molecule has 2 atom stereocenters. The summed E-state index contributed by atoms with van der Waals surface area (Å²) >= 11 is 0. The van der Waals surface area contributed by atoms with Gasteiger partial charge in [-0.15, -0.1) is 0 Å². The molecule has 0 bridgehead atoms. The molecule has 2 aromatic rings. The molecule has 116 valence electrons. The van der Waals surface area contributed by atoms with Gasteiger partial charge in [-0.1, -0.05) is 12.1 Å². The lowest BCUT2D eigenvalue weighted by Gasteiger charge is -2.28. The number of aromatic nitrogens is 1. The van der Waals surface area contributed by atoms with Gasteiger partial charge in [0.15, 0.2) is 0 Å². The average molecular weight is 304 g/mol. The lowest BCUT2D eigenvalue weighted by Crippen LogP contribution is -2.48. The Labute approximate surface area is 127 Å². The predicted molar refractivity (Wildman–Crippen MR) is 79.1 cm³/mol. The number of nitrogens with zero attached hydrogens (tertiary/aromatic N) is 1. The van der Waals surface area contributed by atoms with Gasteiger partial charge in [-0.25, -0.2) is 9.37 Å². The Morgan fingerprint density at radius 2 is 2.32 bits per heavy atom. The summed E-state index contributed by atoms with van der Waals surface area (Å²) in [7, 11) is 0. The van der Waals surface area contributed by atoms with Crippen LogP contribution in [0.3, 0.4) is 0 Å². The van der Waals surface area contributed by atoms with Crippen LogP contribution < -0.4 is 5.32 Å². The Morgan fingerprint density at radius 3 is 3.09 bits per heavy atom. The van der Waals surface area contributed by atoms with E-state index in [1.54, 1.807) is 18.2 Å². The maximum Gasteiger partial charge on any atom is 0.270 e. The normalized spacial score (nSPS) is 21.8. The van der Waals surface area contributed by atoms with Gasteiger partial charge in [0.1, 0.15) is 17.0 Å². The molecule has 1 aromatic carbocycles. The number of hydrogen-bond acceptors (Lipinski definition) is 4. The molecular weight excluding hydrogens is 287 g/mol. The molecule has 22 heavy (non-hydrogen) atoms. The number of fused-ring (bicyclic) bond motifs is 1. The molecule has 0 aliphatic carbocycles. The molecule has 1 fully saturated rings. The Bertz CT molecular complexity index is 720. The number of pyridine rings is 1. The number of aliphatic hydroxyl groups excluding tert-OH is 1. The molecule has 2 heterocycles. The van der Waals surface area contributed by atoms with Gasteiger partial charge in [0.2, 0.25) is 0 Å². The van der Waals surface area contributed by atoms with Crippen molar-refractivity contribution in [2.45, 2.75) is 25.5 Å². The molecule has 3 rings (SSSR count). The molecule has 1 amide bonds. The molecule has 0 radical (unpaired) electrons. The number of aryl methyl sites for hydroxylation is 1. The second kappa shape index (κ2) is 5.98. The third kappa shape index (κ3) is 2.80. The van der Waals surface area contributed by atoms with Gasteiger partial charge in [-0.2, -0.15) is 0 Å². The number of amides is 1. The first-order valence-corrected chi connectivity index (χ1v) is 7.19. The number of carbonyl (C=O) groups excluding carboxylic acids is 1. The molecule has 5 nitrogen and oxygen atoms in total. The standard InChI is InChI=1S/C16H17FN2O3/c1-9-7-13(18-15-10(9)3-2-4-11(15)17)16(21)19-12-5-6-22-8-14(12)20/h2-4,7,12,14,20H,5-6,8H2,1H3,(H,19,21)/t12-,14-/m0/s1. The minimum atomic E-state index is -0.740. The van der Waals surface area contributed by atoms with Crippen molar-refractivity contribution in [1.82, 2.24) is 10.3 Å². The summed E-state index contributed by atoms with van der Waals surface area (Å²) in [5.41, 5.74) is 1.11. The van der Waals surface area contributed by atoms with Gasteiger partial charge in [-0.3, -0.25) is 4.79 Å². The highest BCUT2D eigenvalue weighted by Gasteiger charge is 2.26. The smallest absolute Gasteiger partial charge is 0.270 e. The fourth-order valence-corrected chi connectivity index (χ4v) is 2.63. The maximum absolute atomic E-state index is 13.9. The van der Waals surface area contributed by atoms with Crippen LogP contribution in [0.4, 0.5) is 4.39 Å². The van der Waals surface area contributed by atoms with Crippen molar-refractivity contribution in [1.29, 1.82) is 0 Å². The van der Waals surface area contributed by atoms with Gasteiger partial charge in [0.25, 0.3) is 5.91 Å². The van der Waals surface area contributed by atoms with E-state index in [0.29, 0.717) is 18.4 Å². The second-order valence-electron chi connectivity index (χ2n) is 5.47. The van der Waals surface area contributed by atoms with Crippen LogP contribution in [0.2, 0.25) is 0 Å². The molecule has 1 aliphatic heterocycles. The summed E-state index contributed by atoms with van der Waals surface area (Å²) in [5, 5.41) is 13.2. The molecule has 6 heteroatoms. The first-order chi connectivity index (χ1) is 10.6. The topological polar surface area (TPSA) is 71.5 Å². The van der Waals surface area contributed by atoms with Crippen LogP contribution >= 0.6 is 0 Å². The first kappa shape index (κ1) is 14.9. The minimum Gasteiger partial charge on any atom is -0.389 e. The van der Waals surface area contributed by atoms with Gasteiger partial charge in [0, 0.05) is 12.0 Å². The van der Waals surface area contributed by atoms with Gasteiger partial charge >= 0.3 is 0 Å². The van der Waals surface area contributed by atoms with Crippen LogP contribution in [0.5, 0.6) is 0 Å². The highest BCUT2D eigenvalue weighted by molar-refractivity contribution is 5.96. The zero-order valence-corrected chi connectivity index (χ0v) is 12.2. The third-order valence-electron chi connectivity index (χ3n) is 3.87. The molecule has 1 aliphatic rings. The van der Waals surface area contributed by atoms with Crippen LogP contribution in [-0.4, -0.2) is 41.4 Å². The first-order valence-electron chi connectivity index (χ1n) is 7.19. The van der Waals surface area contributed by atoms with Crippen molar-refractivity contribution in [2.75, 3.05) is 13.2 Å². The van der Waals surface area contributed by atoms with Crippen molar-refractivity contribution in [2.24, 2.45) is 0 Å². The van der Waals surface area contributed by atoms with Crippen LogP contribution in [0.15, 0.2) is 24.3 Å². The summed E-state index contributed by atoms with van der Waals surface area (Å²) < 4.78 is 19.0. The average Bonchev–Trinajstić information content (AvgIpc) is 2.50. The van der Waals surface area contributed by atoms with Crippen molar-refractivity contribution >= 4 is 16.8 Å². The Kier molecular flexibility index (Phi) is 4.04. The zero-order chi connectivity index (χ0) is 15.7. The van der Waals surface area contributed by atoms with Crippen LogP contribution in [0.1, 0.15) is 22.5 Å². The number of para-hydroxylation sites is 1. The summed E-state index contributed by atoms with van der Waals surface area (Å²) in [5.74, 6) is -0.874. The zero-order valence-electron chi connectivity index (χ0n) is 12.2. The minimum absolute atomic E-state index is 0.147. The van der Waals surface area contributed by atoms with Crippen LogP contribution in [0.25, 0.3) is 10.9 Å². The number of carbonyl (C=O) groups is 1. The maximum atomic E-state index is 13.9. The molecule has 0 unspecified atom stereocenters. The number of benzene rings is 1. The Balaban J connectivity index is 1.89. The summed E-state index contributed by atoms with van der Waals surface area (Å²) in [6, 6.07) is 5.95. The van der Waals surface area contributed by atoms with Gasteiger partial charge in [-0.05, 0) is 31.0 Å². The van der Waals surface area contributed by atoms with Crippen molar-refractivity contribution < 1.29 is 19.0 Å². The van der Waals surface area contributed by atoms with E-state index in [2.05, 4.69) is 10.3 Å². The molecule has 1 saturated heterocycles. The van der Waals surface area contributed by atoms with Crippen LogP contribution in [0, 0.1) is 12.7 Å². The Morgan fingerprint density at radius 1 is 1.50 bits per heavy atom. The highest BCUT2D eigenvalue weighted by atomic mass is 19.1. The van der Waals surface area contributed by atoms with Crippen molar-refractivity contribution in [3.05, 3.63) is 41.3 Å². The molecule has 0 saturated carbocycles. The quantitative estimate of drug-likeness (QED) is 0.883. The van der Waals surface area contributed by atoms with Gasteiger partial charge < -0.3 is 15.2 Å². The Hall–Kier alpha value is -2.05. The van der Waals surface area contributed by atoms with Gasteiger partial charge in [0.05, 0.1) is 18.8 Å². The highest BCUT2D eigenvalue weighted by Crippen LogP contribution is 2.20. The number of nitrogens with one attached hydrogen (secondary N) is 1. The van der Waals surface area contributed by atoms with E-state index in [9.17, 15) is 14.3 Å². The molecule has 1 aromatic heterocycles. The molecular formula is C16H17FN2O3. The fraction of sp³-hybridized carbons (Fsp3) is 0.375. The van der Waals surface area contributed by atoms with Crippen molar-refractivity contribution in [3.63, 3.8) is 0 Å². The van der Waals surface area contributed by atoms with E-state index >= 15 is 0 Å². The van der Waals surface area contributed by atoms with E-state index in [0.717, 1.165) is 5.56 Å². The monoisotopic (exact) mass is 304 g/mol. The second-order valence-corrected chi connectivity index (χ2v) is 5.47. The number of aliphatic hydroxyl groups is 1. The number of ether oxygens (including phenoxy) is 1. The van der Waals surface area contributed by atoms with E-state index in [1.807, 2.05) is 6.92 Å². The fourth-order valence-electron chi connectivity index (χ4n) is 2.63. The summed E-state index contributed by atoms with van der Waals surface area (Å²) in [4.78, 5) is 16.4. The van der Waals surface area contributed by atoms with Crippen LogP contribution in [-0.2, 0) is 4.74 Å². The predicted octanol–water partition coefficient (Wildman–Crippen LogP) is 1.56. The number of halogens is 1. The molecule has 0 spiro atoms. The third-order valence-corrected chi connectivity index (χ3v) is 3.87. The lowest BCUT2D eigenvalue weighted by molar-refractivity contribution is -0.0261. The summed E-state index contributed by atoms with van der Waals surface area (Å²) in [6.45, 7) is 2.49. The SMILES string of the molecule is Cc1cc(C(=O)N[C@H]2CCOC[C@@H]2O)nc2c(F)cccc12. The largest absolute Gasteiger partial charge is 0.389 e. The summed E-state index contributed by atoms with van der Waals surface area (Å²) in [6.07, 6.45) is -0.204. The van der Waals surface area contributed by atoms with E-state index in [4.69, 9.17) is 4.74 Å².